The van der Waals surface area contributed by atoms with Gasteiger partial charge >= 0.3 is 0 Å². The number of carbonyl (C=O) groups excluding carboxylic acids is 1. The van der Waals surface area contributed by atoms with Crippen LogP contribution in [0.4, 0.5) is 5.13 Å². The Kier molecular flexibility index (Phi) is 5.31. The van der Waals surface area contributed by atoms with Crippen LogP contribution in [0, 0.1) is 6.92 Å². The van der Waals surface area contributed by atoms with Crippen molar-refractivity contribution in [3.05, 3.63) is 23.2 Å². The van der Waals surface area contributed by atoms with Crippen molar-refractivity contribution in [2.45, 2.75) is 33.3 Å². The molecular weight excluding hydrogens is 236 g/mol. The molecule has 0 unspecified atom stereocenters. The molecule has 1 aromatic heterocycles. The SMILES string of the molecule is C=CCO[C@@H](C)C(=O)Nc1nc(CC)c(C)s1. The third-order valence-corrected chi connectivity index (χ3v) is 3.22. The summed E-state index contributed by atoms with van der Waals surface area (Å²) in [6, 6.07) is 0. The summed E-state index contributed by atoms with van der Waals surface area (Å²) in [6.07, 6.45) is 2.00. The molecule has 0 aromatic carbocycles. The van der Waals surface area contributed by atoms with Crippen molar-refractivity contribution >= 4 is 22.4 Å². The van der Waals surface area contributed by atoms with E-state index in [0.717, 1.165) is 17.0 Å². The number of amides is 1. The number of thiazole rings is 1. The van der Waals surface area contributed by atoms with Gasteiger partial charge in [0.1, 0.15) is 6.10 Å². The number of carbonyl (C=O) groups is 1. The van der Waals surface area contributed by atoms with Gasteiger partial charge < -0.3 is 4.74 Å². The Bertz CT molecular complexity index is 401. The summed E-state index contributed by atoms with van der Waals surface area (Å²) < 4.78 is 5.24. The Balaban J connectivity index is 2.57. The quantitative estimate of drug-likeness (QED) is 0.794. The highest BCUT2D eigenvalue weighted by Crippen LogP contribution is 2.22. The fourth-order valence-electron chi connectivity index (χ4n) is 1.30. The zero-order chi connectivity index (χ0) is 12.8. The first-order valence-corrected chi connectivity index (χ1v) is 6.39. The number of hydrogen-bond acceptors (Lipinski definition) is 4. The number of nitrogens with one attached hydrogen (secondary N) is 1. The monoisotopic (exact) mass is 254 g/mol. The molecule has 0 aliphatic carbocycles. The van der Waals surface area contributed by atoms with Crippen LogP contribution in [0.2, 0.25) is 0 Å². The smallest absolute Gasteiger partial charge is 0.255 e. The van der Waals surface area contributed by atoms with Gasteiger partial charge in [0, 0.05) is 4.88 Å². The van der Waals surface area contributed by atoms with Gasteiger partial charge in [-0.3, -0.25) is 10.1 Å². The average Bonchev–Trinajstić information content (AvgIpc) is 2.66. The standard InChI is InChI=1S/C12H18N2O2S/c1-5-7-16-8(3)11(15)14-12-13-10(6-2)9(4)17-12/h5,8H,1,6-7H2,2-4H3,(H,13,14,15)/t8-/m0/s1. The second-order valence-electron chi connectivity index (χ2n) is 3.63. The minimum atomic E-state index is -0.498. The number of ether oxygens (including phenoxy) is 1. The van der Waals surface area contributed by atoms with Crippen LogP contribution in [0.25, 0.3) is 0 Å². The van der Waals surface area contributed by atoms with Gasteiger partial charge in [-0.25, -0.2) is 4.98 Å². The normalized spacial score (nSPS) is 12.2. The van der Waals surface area contributed by atoms with Crippen molar-refractivity contribution in [2.24, 2.45) is 0 Å². The molecule has 5 heteroatoms. The van der Waals surface area contributed by atoms with Crippen molar-refractivity contribution < 1.29 is 9.53 Å². The summed E-state index contributed by atoms with van der Waals surface area (Å²) in [7, 11) is 0. The van der Waals surface area contributed by atoms with Crippen molar-refractivity contribution in [2.75, 3.05) is 11.9 Å². The van der Waals surface area contributed by atoms with Gasteiger partial charge in [0.15, 0.2) is 5.13 Å². The lowest BCUT2D eigenvalue weighted by atomic mass is 10.3. The highest BCUT2D eigenvalue weighted by atomic mass is 32.1. The third kappa shape index (κ3) is 3.94. The molecule has 0 radical (unpaired) electrons. The lowest BCUT2D eigenvalue weighted by Crippen LogP contribution is -2.27. The van der Waals surface area contributed by atoms with E-state index in [4.69, 9.17) is 4.74 Å². The number of hydrogen-bond donors (Lipinski definition) is 1. The van der Waals surface area contributed by atoms with Gasteiger partial charge in [0.25, 0.3) is 5.91 Å². The molecule has 1 N–H and O–H groups in total. The summed E-state index contributed by atoms with van der Waals surface area (Å²) in [4.78, 5) is 17.2. The van der Waals surface area contributed by atoms with Crippen molar-refractivity contribution in [3.63, 3.8) is 0 Å². The molecule has 1 atom stereocenters. The Morgan fingerprint density at radius 3 is 2.94 bits per heavy atom. The van der Waals surface area contributed by atoms with Crippen molar-refractivity contribution in [1.82, 2.24) is 4.98 Å². The molecule has 1 aromatic rings. The summed E-state index contributed by atoms with van der Waals surface area (Å²) in [5, 5.41) is 3.39. The summed E-state index contributed by atoms with van der Waals surface area (Å²) in [5.41, 5.74) is 1.03. The molecule has 1 rings (SSSR count). The Hall–Kier alpha value is -1.20. The summed E-state index contributed by atoms with van der Waals surface area (Å²) in [5.74, 6) is -0.178. The number of aryl methyl sites for hydroxylation is 2. The third-order valence-electron chi connectivity index (χ3n) is 2.29. The first-order valence-electron chi connectivity index (χ1n) is 5.58. The molecule has 0 saturated carbocycles. The highest BCUT2D eigenvalue weighted by molar-refractivity contribution is 7.15. The van der Waals surface area contributed by atoms with Crippen molar-refractivity contribution in [1.29, 1.82) is 0 Å². The zero-order valence-corrected chi connectivity index (χ0v) is 11.3. The zero-order valence-electron chi connectivity index (χ0n) is 10.4. The fraction of sp³-hybridized carbons (Fsp3) is 0.500. The Morgan fingerprint density at radius 2 is 2.41 bits per heavy atom. The molecule has 0 bridgehead atoms. The predicted octanol–water partition coefficient (Wildman–Crippen LogP) is 2.54. The van der Waals surface area contributed by atoms with E-state index in [9.17, 15) is 4.79 Å². The van der Waals surface area contributed by atoms with E-state index < -0.39 is 6.10 Å². The van der Waals surface area contributed by atoms with E-state index in [0.29, 0.717) is 11.7 Å². The summed E-state index contributed by atoms with van der Waals surface area (Å²) in [6.45, 7) is 9.66. The molecular formula is C12H18N2O2S. The molecule has 17 heavy (non-hydrogen) atoms. The molecule has 1 amide bonds. The van der Waals surface area contributed by atoms with Crippen LogP contribution in [0.15, 0.2) is 12.7 Å². The second kappa shape index (κ2) is 6.51. The first kappa shape index (κ1) is 13.9. The summed E-state index contributed by atoms with van der Waals surface area (Å²) >= 11 is 1.49. The largest absolute Gasteiger partial charge is 0.365 e. The predicted molar refractivity (Wildman–Crippen MR) is 70.5 cm³/mol. The van der Waals surface area contributed by atoms with E-state index in [-0.39, 0.29) is 5.91 Å². The molecule has 1 heterocycles. The molecule has 0 saturated heterocycles. The number of nitrogens with zero attached hydrogens (tertiary/aromatic N) is 1. The van der Waals surface area contributed by atoms with Crippen LogP contribution < -0.4 is 5.32 Å². The molecule has 0 fully saturated rings. The van der Waals surface area contributed by atoms with Crippen LogP contribution in [0.1, 0.15) is 24.4 Å². The molecule has 4 nitrogen and oxygen atoms in total. The van der Waals surface area contributed by atoms with Gasteiger partial charge in [0.2, 0.25) is 0 Å². The van der Waals surface area contributed by atoms with E-state index >= 15 is 0 Å². The highest BCUT2D eigenvalue weighted by Gasteiger charge is 2.15. The van der Waals surface area contributed by atoms with Gasteiger partial charge in [-0.05, 0) is 20.3 Å². The van der Waals surface area contributed by atoms with Gasteiger partial charge in [0.05, 0.1) is 12.3 Å². The van der Waals surface area contributed by atoms with E-state index in [1.165, 1.54) is 11.3 Å². The maximum atomic E-state index is 11.7. The number of aromatic nitrogens is 1. The second-order valence-corrected chi connectivity index (χ2v) is 4.83. The van der Waals surface area contributed by atoms with Gasteiger partial charge in [-0.2, -0.15) is 0 Å². The van der Waals surface area contributed by atoms with Crippen LogP contribution >= 0.6 is 11.3 Å². The van der Waals surface area contributed by atoms with Crippen LogP contribution in [0.5, 0.6) is 0 Å². The van der Waals surface area contributed by atoms with Crippen LogP contribution in [0.3, 0.4) is 0 Å². The lowest BCUT2D eigenvalue weighted by molar-refractivity contribution is -0.125. The maximum Gasteiger partial charge on any atom is 0.255 e. The number of anilines is 1. The molecule has 0 aliphatic heterocycles. The first-order chi connectivity index (χ1) is 8.08. The van der Waals surface area contributed by atoms with Gasteiger partial charge in [-0.15, -0.1) is 17.9 Å². The topological polar surface area (TPSA) is 51.2 Å². The molecule has 0 spiro atoms. The number of rotatable bonds is 6. The van der Waals surface area contributed by atoms with Crippen molar-refractivity contribution in [3.8, 4) is 0 Å². The molecule has 94 valence electrons. The van der Waals surface area contributed by atoms with E-state index in [2.05, 4.69) is 16.9 Å². The fourth-order valence-corrected chi connectivity index (χ4v) is 2.21. The van der Waals surface area contributed by atoms with Gasteiger partial charge in [-0.1, -0.05) is 13.0 Å². The van der Waals surface area contributed by atoms with E-state index in [1.54, 1.807) is 13.0 Å². The van der Waals surface area contributed by atoms with Crippen LogP contribution in [-0.4, -0.2) is 23.6 Å². The lowest BCUT2D eigenvalue weighted by Gasteiger charge is -2.10. The minimum absolute atomic E-state index is 0.178. The van der Waals surface area contributed by atoms with Crippen LogP contribution in [-0.2, 0) is 16.0 Å². The Morgan fingerprint density at radius 1 is 1.71 bits per heavy atom. The Labute approximate surface area is 106 Å². The minimum Gasteiger partial charge on any atom is -0.365 e. The maximum absolute atomic E-state index is 11.7. The average molecular weight is 254 g/mol. The molecule has 0 aliphatic rings. The van der Waals surface area contributed by atoms with E-state index in [1.807, 2.05) is 13.8 Å².